The lowest BCUT2D eigenvalue weighted by molar-refractivity contribution is 0.140. The highest BCUT2D eigenvalue weighted by Gasteiger charge is 2.20. The summed E-state index contributed by atoms with van der Waals surface area (Å²) in [6.07, 6.45) is 2.49. The van der Waals surface area contributed by atoms with Crippen LogP contribution in [0.1, 0.15) is 18.4 Å². The number of hydrogen-bond donors (Lipinski definition) is 1. The molecule has 18 heavy (non-hydrogen) atoms. The zero-order valence-corrected chi connectivity index (χ0v) is 12.0. The first-order chi connectivity index (χ1) is 8.56. The molecule has 0 atom stereocenters. The number of likely N-dealkylation sites (tertiary alicyclic amines) is 1. The van der Waals surface area contributed by atoms with E-state index in [4.69, 9.17) is 17.3 Å². The third-order valence-corrected chi connectivity index (χ3v) is 4.10. The van der Waals surface area contributed by atoms with Crippen molar-refractivity contribution in [2.45, 2.75) is 25.4 Å². The number of hydrogen-bond acceptors (Lipinski definition) is 3. The highest BCUT2D eigenvalue weighted by Crippen LogP contribution is 2.22. The van der Waals surface area contributed by atoms with Crippen molar-refractivity contribution in [1.29, 1.82) is 0 Å². The number of rotatable bonds is 3. The molecule has 2 rings (SSSR count). The van der Waals surface area contributed by atoms with Gasteiger partial charge in [0.1, 0.15) is 0 Å². The van der Waals surface area contributed by atoms with Gasteiger partial charge in [-0.3, -0.25) is 4.90 Å². The highest BCUT2D eigenvalue weighted by atomic mass is 35.5. The standard InChI is InChI=1S/C14H22ClN3/c1-17(2)12-5-7-18(8-6-12)10-11-3-4-13(15)14(16)9-11/h3-4,9,12H,5-8,10,16H2,1-2H3. The van der Waals surface area contributed by atoms with Gasteiger partial charge in [-0.1, -0.05) is 17.7 Å². The summed E-state index contributed by atoms with van der Waals surface area (Å²) in [6.45, 7) is 3.29. The summed E-state index contributed by atoms with van der Waals surface area (Å²) >= 11 is 5.93. The number of nitrogens with zero attached hydrogens (tertiary/aromatic N) is 2. The molecule has 0 bridgehead atoms. The van der Waals surface area contributed by atoms with Crippen molar-refractivity contribution in [2.24, 2.45) is 0 Å². The molecule has 2 N–H and O–H groups in total. The zero-order chi connectivity index (χ0) is 13.1. The molecule has 4 heteroatoms. The lowest BCUT2D eigenvalue weighted by Gasteiger charge is -2.35. The van der Waals surface area contributed by atoms with Crippen LogP contribution in [0.2, 0.25) is 5.02 Å². The van der Waals surface area contributed by atoms with E-state index in [0.717, 1.165) is 25.7 Å². The van der Waals surface area contributed by atoms with Crippen molar-refractivity contribution >= 4 is 17.3 Å². The van der Waals surface area contributed by atoms with Crippen LogP contribution in [0.5, 0.6) is 0 Å². The molecule has 0 aromatic heterocycles. The van der Waals surface area contributed by atoms with Gasteiger partial charge in [-0.05, 0) is 57.7 Å². The van der Waals surface area contributed by atoms with Gasteiger partial charge in [0.25, 0.3) is 0 Å². The number of benzene rings is 1. The topological polar surface area (TPSA) is 32.5 Å². The summed E-state index contributed by atoms with van der Waals surface area (Å²) in [6, 6.07) is 6.67. The Morgan fingerprint density at radius 3 is 2.56 bits per heavy atom. The van der Waals surface area contributed by atoms with Crippen LogP contribution in [0, 0.1) is 0 Å². The molecule has 1 aromatic rings. The average Bonchev–Trinajstić information content (AvgIpc) is 2.34. The maximum atomic E-state index is 5.93. The minimum atomic E-state index is 0.644. The van der Waals surface area contributed by atoms with E-state index < -0.39 is 0 Å². The van der Waals surface area contributed by atoms with E-state index in [2.05, 4.69) is 30.0 Å². The predicted molar refractivity (Wildman–Crippen MR) is 77.9 cm³/mol. The normalized spacial score (nSPS) is 18.4. The molecule has 0 unspecified atom stereocenters. The molecule has 3 nitrogen and oxygen atoms in total. The van der Waals surface area contributed by atoms with E-state index in [-0.39, 0.29) is 0 Å². The lowest BCUT2D eigenvalue weighted by Crippen LogP contribution is -2.41. The van der Waals surface area contributed by atoms with Crippen LogP contribution in [0.3, 0.4) is 0 Å². The van der Waals surface area contributed by atoms with Crippen LogP contribution in [-0.2, 0) is 6.54 Å². The van der Waals surface area contributed by atoms with Crippen LogP contribution in [-0.4, -0.2) is 43.0 Å². The highest BCUT2D eigenvalue weighted by molar-refractivity contribution is 6.33. The molecule has 0 saturated carbocycles. The van der Waals surface area contributed by atoms with Crippen LogP contribution >= 0.6 is 11.6 Å². The number of halogens is 1. The summed E-state index contributed by atoms with van der Waals surface area (Å²) in [5.41, 5.74) is 7.76. The van der Waals surface area contributed by atoms with Gasteiger partial charge in [0.05, 0.1) is 10.7 Å². The summed E-state index contributed by atoms with van der Waals surface area (Å²) in [5.74, 6) is 0. The van der Waals surface area contributed by atoms with E-state index in [1.54, 1.807) is 0 Å². The van der Waals surface area contributed by atoms with Crippen molar-refractivity contribution in [1.82, 2.24) is 9.80 Å². The molecule has 0 amide bonds. The molecule has 0 radical (unpaired) electrons. The largest absolute Gasteiger partial charge is 0.398 e. The molecular weight excluding hydrogens is 246 g/mol. The molecule has 1 aliphatic heterocycles. The molecule has 1 aromatic carbocycles. The van der Waals surface area contributed by atoms with Gasteiger partial charge in [-0.25, -0.2) is 0 Å². The monoisotopic (exact) mass is 267 g/mol. The van der Waals surface area contributed by atoms with Crippen molar-refractivity contribution in [3.8, 4) is 0 Å². The van der Waals surface area contributed by atoms with E-state index in [0.29, 0.717) is 10.7 Å². The second-order valence-corrected chi connectivity index (χ2v) is 5.73. The molecule has 1 saturated heterocycles. The van der Waals surface area contributed by atoms with Crippen LogP contribution < -0.4 is 5.73 Å². The number of nitrogens with two attached hydrogens (primary N) is 1. The first-order valence-electron chi connectivity index (χ1n) is 6.49. The van der Waals surface area contributed by atoms with Crippen LogP contribution in [0.25, 0.3) is 0 Å². The van der Waals surface area contributed by atoms with Gasteiger partial charge in [-0.2, -0.15) is 0 Å². The van der Waals surface area contributed by atoms with Gasteiger partial charge in [0, 0.05) is 12.6 Å². The maximum Gasteiger partial charge on any atom is 0.0635 e. The van der Waals surface area contributed by atoms with Gasteiger partial charge in [-0.15, -0.1) is 0 Å². The quantitative estimate of drug-likeness (QED) is 0.854. The van der Waals surface area contributed by atoms with E-state index in [9.17, 15) is 0 Å². The van der Waals surface area contributed by atoms with Gasteiger partial charge < -0.3 is 10.6 Å². The zero-order valence-electron chi connectivity index (χ0n) is 11.2. The molecule has 1 heterocycles. The fraction of sp³-hybridized carbons (Fsp3) is 0.571. The molecule has 0 spiro atoms. The van der Waals surface area contributed by atoms with E-state index >= 15 is 0 Å². The molecule has 100 valence electrons. The Morgan fingerprint density at radius 2 is 2.00 bits per heavy atom. The Kier molecular flexibility index (Phi) is 4.49. The molecule has 0 aliphatic carbocycles. The SMILES string of the molecule is CN(C)C1CCN(Cc2ccc(Cl)c(N)c2)CC1. The number of anilines is 1. The van der Waals surface area contributed by atoms with E-state index in [1.807, 2.05) is 12.1 Å². The Balaban J connectivity index is 1.89. The number of piperidine rings is 1. The average molecular weight is 268 g/mol. The Morgan fingerprint density at radius 1 is 1.33 bits per heavy atom. The molecular formula is C14H22ClN3. The summed E-state index contributed by atoms with van der Waals surface area (Å²) < 4.78 is 0. The summed E-state index contributed by atoms with van der Waals surface area (Å²) in [7, 11) is 4.33. The van der Waals surface area contributed by atoms with Gasteiger partial charge >= 0.3 is 0 Å². The first-order valence-corrected chi connectivity index (χ1v) is 6.87. The molecule has 1 fully saturated rings. The first kappa shape index (κ1) is 13.7. The third kappa shape index (κ3) is 3.37. The summed E-state index contributed by atoms with van der Waals surface area (Å²) in [5, 5.41) is 0.644. The fourth-order valence-electron chi connectivity index (χ4n) is 2.54. The van der Waals surface area contributed by atoms with Gasteiger partial charge in [0.15, 0.2) is 0 Å². The Hall–Kier alpha value is -0.770. The van der Waals surface area contributed by atoms with Crippen molar-refractivity contribution in [3.05, 3.63) is 28.8 Å². The second-order valence-electron chi connectivity index (χ2n) is 5.33. The van der Waals surface area contributed by atoms with Gasteiger partial charge in [0.2, 0.25) is 0 Å². The van der Waals surface area contributed by atoms with Crippen molar-refractivity contribution in [3.63, 3.8) is 0 Å². The van der Waals surface area contributed by atoms with E-state index in [1.165, 1.54) is 18.4 Å². The third-order valence-electron chi connectivity index (χ3n) is 3.75. The van der Waals surface area contributed by atoms with Crippen molar-refractivity contribution < 1.29 is 0 Å². The maximum absolute atomic E-state index is 5.93. The summed E-state index contributed by atoms with van der Waals surface area (Å²) in [4.78, 5) is 4.82. The minimum Gasteiger partial charge on any atom is -0.398 e. The molecule has 1 aliphatic rings. The predicted octanol–water partition coefficient (Wildman–Crippen LogP) is 2.45. The fourth-order valence-corrected chi connectivity index (χ4v) is 2.66. The van der Waals surface area contributed by atoms with Crippen LogP contribution in [0.15, 0.2) is 18.2 Å². The lowest BCUT2D eigenvalue weighted by atomic mass is 10.0. The van der Waals surface area contributed by atoms with Crippen LogP contribution in [0.4, 0.5) is 5.69 Å². The minimum absolute atomic E-state index is 0.644. The smallest absolute Gasteiger partial charge is 0.0635 e. The second kappa shape index (κ2) is 5.91. The Bertz CT molecular complexity index is 398. The van der Waals surface area contributed by atoms with Crippen molar-refractivity contribution in [2.75, 3.05) is 32.9 Å². The number of nitrogen functional groups attached to an aromatic ring is 1. The Labute approximate surface area is 115 Å².